The summed E-state index contributed by atoms with van der Waals surface area (Å²) in [6, 6.07) is 9.43. The highest BCUT2D eigenvalue weighted by Crippen LogP contribution is 2.21. The Hall–Kier alpha value is -1.85. The second-order valence-electron chi connectivity index (χ2n) is 5.60. The summed E-state index contributed by atoms with van der Waals surface area (Å²) in [5, 5.41) is 3.65. The zero-order valence-electron chi connectivity index (χ0n) is 13.4. The summed E-state index contributed by atoms with van der Waals surface area (Å²) in [7, 11) is 0. The molecule has 24 heavy (non-hydrogen) atoms. The van der Waals surface area contributed by atoms with E-state index < -0.39 is 0 Å². The van der Waals surface area contributed by atoms with Crippen molar-refractivity contribution in [3.8, 4) is 0 Å². The molecule has 0 atom stereocenters. The van der Waals surface area contributed by atoms with E-state index in [-0.39, 0.29) is 5.91 Å². The zero-order chi connectivity index (χ0) is 17.3. The normalized spacial score (nSPS) is 11.0. The molecular weight excluding hydrogens is 390 g/mol. The Morgan fingerprint density at radius 1 is 1.33 bits per heavy atom. The molecule has 0 saturated carbocycles. The number of nitrogens with zero attached hydrogens (tertiary/aromatic N) is 2. The molecule has 2 aromatic heterocycles. The molecule has 1 aromatic carbocycles. The number of halogens is 2. The van der Waals surface area contributed by atoms with E-state index in [9.17, 15) is 4.79 Å². The number of carbonyl (C=O) groups is 1. The van der Waals surface area contributed by atoms with Gasteiger partial charge in [0.05, 0.1) is 5.69 Å². The highest BCUT2D eigenvalue weighted by molar-refractivity contribution is 9.10. The van der Waals surface area contributed by atoms with E-state index in [1.54, 1.807) is 0 Å². The van der Waals surface area contributed by atoms with Gasteiger partial charge in [0.25, 0.3) is 5.91 Å². The number of hydrogen-bond donors (Lipinski definition) is 1. The highest BCUT2D eigenvalue weighted by Gasteiger charge is 2.19. The lowest BCUT2D eigenvalue weighted by Gasteiger charge is -2.08. The molecule has 3 rings (SSSR count). The van der Waals surface area contributed by atoms with Gasteiger partial charge in [0, 0.05) is 22.2 Å². The number of imidazole rings is 1. The molecular formula is C18H17BrClN3O. The van der Waals surface area contributed by atoms with Gasteiger partial charge in [-0.15, -0.1) is 0 Å². The van der Waals surface area contributed by atoms with Gasteiger partial charge in [-0.05, 0) is 58.6 Å². The number of pyridine rings is 1. The summed E-state index contributed by atoms with van der Waals surface area (Å²) in [5.41, 5.74) is 4.22. The average Bonchev–Trinajstić information content (AvgIpc) is 2.93. The summed E-state index contributed by atoms with van der Waals surface area (Å²) in [5.74, 6) is -0.133. The molecule has 0 saturated heterocycles. The Kier molecular flexibility index (Phi) is 4.92. The molecule has 0 fully saturated rings. The first-order chi connectivity index (χ1) is 11.5. The van der Waals surface area contributed by atoms with Crippen LogP contribution in [0.15, 0.2) is 41.0 Å². The van der Waals surface area contributed by atoms with Gasteiger partial charge in [0.1, 0.15) is 11.3 Å². The van der Waals surface area contributed by atoms with Crippen LogP contribution in [0, 0.1) is 6.92 Å². The third-order valence-electron chi connectivity index (χ3n) is 3.86. The summed E-state index contributed by atoms with van der Waals surface area (Å²) >= 11 is 9.37. The van der Waals surface area contributed by atoms with Crippen molar-refractivity contribution in [2.75, 3.05) is 0 Å². The molecule has 0 aliphatic heterocycles. The molecule has 4 nitrogen and oxygen atoms in total. The predicted octanol–water partition coefficient (Wildman–Crippen LogP) is 4.55. The van der Waals surface area contributed by atoms with E-state index >= 15 is 0 Å². The summed E-state index contributed by atoms with van der Waals surface area (Å²) in [6.07, 6.45) is 2.58. The fraction of sp³-hybridized carbons (Fsp3) is 0.222. The molecule has 0 unspecified atom stereocenters. The predicted molar refractivity (Wildman–Crippen MR) is 99.6 cm³/mol. The monoisotopic (exact) mass is 405 g/mol. The Labute approximate surface area is 154 Å². The van der Waals surface area contributed by atoms with Crippen LogP contribution in [0.1, 0.15) is 34.2 Å². The maximum Gasteiger partial charge on any atom is 0.270 e. The van der Waals surface area contributed by atoms with Crippen LogP contribution in [0.5, 0.6) is 0 Å². The molecule has 2 heterocycles. The average molecular weight is 407 g/mol. The first-order valence-electron chi connectivity index (χ1n) is 7.69. The number of nitrogens with one attached hydrogen (secondary N) is 1. The minimum absolute atomic E-state index is 0.133. The minimum atomic E-state index is -0.133. The molecule has 6 heteroatoms. The zero-order valence-corrected chi connectivity index (χ0v) is 15.8. The number of benzene rings is 1. The molecule has 0 bridgehead atoms. The van der Waals surface area contributed by atoms with Crippen LogP contribution in [0.4, 0.5) is 0 Å². The largest absolute Gasteiger partial charge is 0.347 e. The second-order valence-corrected chi connectivity index (χ2v) is 6.96. The third kappa shape index (κ3) is 3.32. The van der Waals surface area contributed by atoms with Crippen LogP contribution >= 0.6 is 27.5 Å². The lowest BCUT2D eigenvalue weighted by atomic mass is 10.2. The lowest BCUT2D eigenvalue weighted by Crippen LogP contribution is -2.25. The van der Waals surface area contributed by atoms with Crippen LogP contribution < -0.4 is 5.32 Å². The SMILES string of the molecule is CCc1nc2c(C)cc(Br)cn2c1C(=O)NCc1ccc(Cl)cc1. The molecule has 1 N–H and O–H groups in total. The number of fused-ring (bicyclic) bond motifs is 1. The van der Waals surface area contributed by atoms with Crippen LogP contribution in [0.3, 0.4) is 0 Å². The number of carbonyl (C=O) groups excluding carboxylic acids is 1. The van der Waals surface area contributed by atoms with E-state index in [1.807, 2.05) is 54.8 Å². The van der Waals surface area contributed by atoms with Gasteiger partial charge in [-0.3, -0.25) is 9.20 Å². The standard InChI is InChI=1S/C18H17BrClN3O/c1-3-15-16(23-10-13(19)8-11(2)17(23)22-15)18(24)21-9-12-4-6-14(20)7-5-12/h4-8,10H,3,9H2,1-2H3,(H,21,24). The summed E-state index contributed by atoms with van der Waals surface area (Å²) in [4.78, 5) is 17.4. The van der Waals surface area contributed by atoms with Gasteiger partial charge in [0.15, 0.2) is 0 Å². The first-order valence-corrected chi connectivity index (χ1v) is 8.86. The van der Waals surface area contributed by atoms with E-state index in [4.69, 9.17) is 11.6 Å². The molecule has 0 radical (unpaired) electrons. The smallest absolute Gasteiger partial charge is 0.270 e. The van der Waals surface area contributed by atoms with Gasteiger partial charge >= 0.3 is 0 Å². The third-order valence-corrected chi connectivity index (χ3v) is 4.54. The van der Waals surface area contributed by atoms with Gasteiger partial charge in [-0.25, -0.2) is 4.98 Å². The van der Waals surface area contributed by atoms with E-state index in [0.717, 1.165) is 26.9 Å². The summed E-state index contributed by atoms with van der Waals surface area (Å²) in [6.45, 7) is 4.43. The van der Waals surface area contributed by atoms with Crippen molar-refractivity contribution < 1.29 is 4.79 Å². The molecule has 0 aliphatic rings. The highest BCUT2D eigenvalue weighted by atomic mass is 79.9. The van der Waals surface area contributed by atoms with E-state index in [2.05, 4.69) is 26.2 Å². The van der Waals surface area contributed by atoms with Crippen molar-refractivity contribution in [2.24, 2.45) is 0 Å². The molecule has 3 aromatic rings. The fourth-order valence-electron chi connectivity index (χ4n) is 2.67. The van der Waals surface area contributed by atoms with Crippen molar-refractivity contribution in [1.29, 1.82) is 0 Å². The topological polar surface area (TPSA) is 46.4 Å². The number of amides is 1. The Morgan fingerprint density at radius 3 is 2.71 bits per heavy atom. The second kappa shape index (κ2) is 6.95. The molecule has 0 aliphatic carbocycles. The molecule has 1 amide bonds. The fourth-order valence-corrected chi connectivity index (χ4v) is 3.34. The van der Waals surface area contributed by atoms with Crippen molar-refractivity contribution in [2.45, 2.75) is 26.8 Å². The van der Waals surface area contributed by atoms with Crippen molar-refractivity contribution in [3.63, 3.8) is 0 Å². The molecule has 124 valence electrons. The van der Waals surface area contributed by atoms with Crippen LogP contribution in [-0.2, 0) is 13.0 Å². The number of aromatic nitrogens is 2. The Morgan fingerprint density at radius 2 is 2.04 bits per heavy atom. The Balaban J connectivity index is 1.92. The van der Waals surface area contributed by atoms with Crippen molar-refractivity contribution in [3.05, 3.63) is 68.5 Å². The van der Waals surface area contributed by atoms with Gasteiger partial charge in [-0.2, -0.15) is 0 Å². The van der Waals surface area contributed by atoms with Gasteiger partial charge in [0.2, 0.25) is 0 Å². The summed E-state index contributed by atoms with van der Waals surface area (Å²) < 4.78 is 2.77. The van der Waals surface area contributed by atoms with Crippen molar-refractivity contribution >= 4 is 39.1 Å². The van der Waals surface area contributed by atoms with Gasteiger partial charge in [-0.1, -0.05) is 30.7 Å². The Bertz CT molecular complexity index is 903. The van der Waals surface area contributed by atoms with E-state index in [1.165, 1.54) is 0 Å². The van der Waals surface area contributed by atoms with Crippen LogP contribution in [0.25, 0.3) is 5.65 Å². The lowest BCUT2D eigenvalue weighted by molar-refractivity contribution is 0.0944. The molecule has 0 spiro atoms. The first kappa shape index (κ1) is 17.0. The van der Waals surface area contributed by atoms with Crippen LogP contribution in [0.2, 0.25) is 5.02 Å². The maximum atomic E-state index is 12.7. The van der Waals surface area contributed by atoms with Crippen molar-refractivity contribution in [1.82, 2.24) is 14.7 Å². The number of rotatable bonds is 4. The quantitative estimate of drug-likeness (QED) is 0.691. The van der Waals surface area contributed by atoms with E-state index in [0.29, 0.717) is 23.7 Å². The maximum absolute atomic E-state index is 12.7. The minimum Gasteiger partial charge on any atom is -0.347 e. The number of aryl methyl sites for hydroxylation is 2. The van der Waals surface area contributed by atoms with Gasteiger partial charge < -0.3 is 5.32 Å². The number of hydrogen-bond acceptors (Lipinski definition) is 2. The van der Waals surface area contributed by atoms with Crippen LogP contribution in [-0.4, -0.2) is 15.3 Å².